The minimum Gasteiger partial charge on any atom is -0.235 e. The first kappa shape index (κ1) is 12.5. The zero-order chi connectivity index (χ0) is 13.0. The number of hydrogen-bond donors (Lipinski definition) is 0. The van der Waals surface area contributed by atoms with Gasteiger partial charge in [-0.15, -0.1) is 0 Å². The zero-order valence-electron chi connectivity index (χ0n) is 10.0. The number of nitriles is 1. The highest BCUT2D eigenvalue weighted by Gasteiger charge is 2.06. The smallest absolute Gasteiger partial charge is 0.160 e. The van der Waals surface area contributed by atoms with Gasteiger partial charge in [0, 0.05) is 5.56 Å². The number of aromatic nitrogens is 2. The van der Waals surface area contributed by atoms with E-state index in [1.807, 2.05) is 18.2 Å². The van der Waals surface area contributed by atoms with E-state index in [2.05, 4.69) is 29.0 Å². The van der Waals surface area contributed by atoms with Crippen LogP contribution in [-0.2, 0) is 6.42 Å². The van der Waals surface area contributed by atoms with Gasteiger partial charge in [0.15, 0.2) is 11.0 Å². The van der Waals surface area contributed by atoms with Gasteiger partial charge in [-0.2, -0.15) is 5.26 Å². The second kappa shape index (κ2) is 5.61. The van der Waals surface area contributed by atoms with E-state index in [9.17, 15) is 0 Å². The molecule has 0 fully saturated rings. The van der Waals surface area contributed by atoms with Crippen molar-refractivity contribution in [2.75, 3.05) is 0 Å². The second-order valence-electron chi connectivity index (χ2n) is 3.96. The predicted molar refractivity (Wildman–Crippen MR) is 71.2 cm³/mol. The summed E-state index contributed by atoms with van der Waals surface area (Å²) >= 11 is 5.89. The lowest BCUT2D eigenvalue weighted by atomic mass is 10.1. The quantitative estimate of drug-likeness (QED) is 0.789. The van der Waals surface area contributed by atoms with Crippen LogP contribution < -0.4 is 0 Å². The maximum Gasteiger partial charge on any atom is 0.160 e. The molecule has 0 N–H and O–H groups in total. The number of halogens is 1. The van der Waals surface area contributed by atoms with Gasteiger partial charge in [-0.3, -0.25) is 0 Å². The van der Waals surface area contributed by atoms with Gasteiger partial charge in [-0.25, -0.2) is 9.97 Å². The van der Waals surface area contributed by atoms with Gasteiger partial charge in [0.1, 0.15) is 11.6 Å². The summed E-state index contributed by atoms with van der Waals surface area (Å²) in [6.45, 7) is 2.15. The first-order valence-electron chi connectivity index (χ1n) is 5.76. The lowest BCUT2D eigenvalue weighted by Crippen LogP contribution is -1.92. The Bertz CT molecular complexity index is 585. The van der Waals surface area contributed by atoms with Crippen LogP contribution in [0.15, 0.2) is 30.5 Å². The lowest BCUT2D eigenvalue weighted by Gasteiger charge is -2.03. The summed E-state index contributed by atoms with van der Waals surface area (Å²) in [5.41, 5.74) is 2.49. The van der Waals surface area contributed by atoms with E-state index in [1.165, 1.54) is 11.8 Å². The third kappa shape index (κ3) is 2.66. The van der Waals surface area contributed by atoms with E-state index in [1.54, 1.807) is 0 Å². The summed E-state index contributed by atoms with van der Waals surface area (Å²) in [7, 11) is 0. The summed E-state index contributed by atoms with van der Waals surface area (Å²) in [6, 6.07) is 10.0. The normalized spacial score (nSPS) is 10.1. The van der Waals surface area contributed by atoms with Crippen molar-refractivity contribution in [3.05, 3.63) is 46.7 Å². The molecule has 0 atom stereocenters. The molecule has 4 heteroatoms. The highest BCUT2D eigenvalue weighted by molar-refractivity contribution is 6.30. The third-order valence-electron chi connectivity index (χ3n) is 2.61. The Labute approximate surface area is 111 Å². The topological polar surface area (TPSA) is 49.6 Å². The van der Waals surface area contributed by atoms with Crippen LogP contribution in [0.25, 0.3) is 11.4 Å². The summed E-state index contributed by atoms with van der Waals surface area (Å²) in [6.07, 6.45) is 3.64. The van der Waals surface area contributed by atoms with Crippen molar-refractivity contribution < 1.29 is 0 Å². The average molecular weight is 258 g/mol. The largest absolute Gasteiger partial charge is 0.235 e. The van der Waals surface area contributed by atoms with Gasteiger partial charge in [-0.05, 0) is 12.0 Å². The lowest BCUT2D eigenvalue weighted by molar-refractivity contribution is 0.922. The number of aryl methyl sites for hydroxylation is 1. The van der Waals surface area contributed by atoms with Crippen molar-refractivity contribution in [1.82, 2.24) is 9.97 Å². The van der Waals surface area contributed by atoms with E-state index in [4.69, 9.17) is 16.9 Å². The number of rotatable bonds is 3. The summed E-state index contributed by atoms with van der Waals surface area (Å²) in [5.74, 6) is 0.544. The summed E-state index contributed by atoms with van der Waals surface area (Å²) in [5, 5.41) is 8.96. The standard InChI is InChI=1S/C14H12ClN3/c1-2-3-10-4-6-11(7-5-10)14-17-9-12(8-16)13(15)18-14/h4-7,9H,2-3H2,1H3. The van der Waals surface area contributed by atoms with Crippen LogP contribution in [0.2, 0.25) is 5.15 Å². The minimum atomic E-state index is 0.195. The van der Waals surface area contributed by atoms with Crippen LogP contribution >= 0.6 is 11.6 Å². The van der Waals surface area contributed by atoms with E-state index in [0.717, 1.165) is 18.4 Å². The fraction of sp³-hybridized carbons (Fsp3) is 0.214. The molecular formula is C14H12ClN3. The van der Waals surface area contributed by atoms with Crippen LogP contribution in [0.5, 0.6) is 0 Å². The van der Waals surface area contributed by atoms with Gasteiger partial charge in [0.25, 0.3) is 0 Å². The van der Waals surface area contributed by atoms with Crippen LogP contribution in [0.1, 0.15) is 24.5 Å². The van der Waals surface area contributed by atoms with Gasteiger partial charge in [0.2, 0.25) is 0 Å². The second-order valence-corrected chi connectivity index (χ2v) is 4.31. The van der Waals surface area contributed by atoms with Crippen molar-refractivity contribution in [2.24, 2.45) is 0 Å². The molecular weight excluding hydrogens is 246 g/mol. The number of nitrogens with zero attached hydrogens (tertiary/aromatic N) is 3. The van der Waals surface area contributed by atoms with E-state index >= 15 is 0 Å². The molecule has 0 spiro atoms. The molecule has 0 radical (unpaired) electrons. The van der Waals surface area contributed by atoms with Crippen LogP contribution in [0, 0.1) is 11.3 Å². The minimum absolute atomic E-state index is 0.195. The maximum atomic E-state index is 8.76. The summed E-state index contributed by atoms with van der Waals surface area (Å²) < 4.78 is 0. The maximum absolute atomic E-state index is 8.76. The Morgan fingerprint density at radius 1 is 1.28 bits per heavy atom. The molecule has 1 aromatic carbocycles. The van der Waals surface area contributed by atoms with Gasteiger partial charge < -0.3 is 0 Å². The molecule has 18 heavy (non-hydrogen) atoms. The fourth-order valence-corrected chi connectivity index (χ4v) is 1.86. The molecule has 0 aliphatic rings. The molecule has 0 saturated carbocycles. The van der Waals surface area contributed by atoms with Crippen molar-refractivity contribution in [2.45, 2.75) is 19.8 Å². The Balaban J connectivity index is 2.31. The first-order valence-corrected chi connectivity index (χ1v) is 6.14. The van der Waals surface area contributed by atoms with E-state index in [-0.39, 0.29) is 5.15 Å². The molecule has 90 valence electrons. The van der Waals surface area contributed by atoms with Crippen LogP contribution in [-0.4, -0.2) is 9.97 Å². The molecule has 3 nitrogen and oxygen atoms in total. The van der Waals surface area contributed by atoms with Crippen LogP contribution in [0.4, 0.5) is 0 Å². The third-order valence-corrected chi connectivity index (χ3v) is 2.90. The Morgan fingerprint density at radius 2 is 2.00 bits per heavy atom. The number of hydrogen-bond acceptors (Lipinski definition) is 3. The Kier molecular flexibility index (Phi) is 3.91. The highest BCUT2D eigenvalue weighted by Crippen LogP contribution is 2.19. The van der Waals surface area contributed by atoms with E-state index < -0.39 is 0 Å². The molecule has 0 aliphatic heterocycles. The van der Waals surface area contributed by atoms with Crippen molar-refractivity contribution >= 4 is 11.6 Å². The molecule has 0 unspecified atom stereocenters. The molecule has 2 aromatic rings. The van der Waals surface area contributed by atoms with Crippen LogP contribution in [0.3, 0.4) is 0 Å². The van der Waals surface area contributed by atoms with Gasteiger partial charge in [-0.1, -0.05) is 49.2 Å². The monoisotopic (exact) mass is 257 g/mol. The van der Waals surface area contributed by atoms with Gasteiger partial charge >= 0.3 is 0 Å². The molecule has 0 saturated heterocycles. The molecule has 0 aliphatic carbocycles. The molecule has 1 aromatic heterocycles. The number of benzene rings is 1. The average Bonchev–Trinajstić information content (AvgIpc) is 2.40. The summed E-state index contributed by atoms with van der Waals surface area (Å²) in [4.78, 5) is 8.26. The highest BCUT2D eigenvalue weighted by atomic mass is 35.5. The Hall–Kier alpha value is -1.92. The zero-order valence-corrected chi connectivity index (χ0v) is 10.8. The SMILES string of the molecule is CCCc1ccc(-c2ncc(C#N)c(Cl)n2)cc1. The van der Waals surface area contributed by atoms with Gasteiger partial charge in [0.05, 0.1) is 6.20 Å². The predicted octanol–water partition coefficient (Wildman–Crippen LogP) is 3.62. The van der Waals surface area contributed by atoms with E-state index in [0.29, 0.717) is 11.4 Å². The first-order chi connectivity index (χ1) is 8.74. The molecule has 2 rings (SSSR count). The fourth-order valence-electron chi connectivity index (χ4n) is 1.68. The molecule has 0 bridgehead atoms. The molecule has 0 amide bonds. The van der Waals surface area contributed by atoms with Crippen molar-refractivity contribution in [3.63, 3.8) is 0 Å². The molecule has 1 heterocycles. The Morgan fingerprint density at radius 3 is 2.56 bits per heavy atom. The van der Waals surface area contributed by atoms with Crippen molar-refractivity contribution in [3.8, 4) is 17.5 Å². The van der Waals surface area contributed by atoms with Crippen molar-refractivity contribution in [1.29, 1.82) is 5.26 Å².